The van der Waals surface area contributed by atoms with E-state index in [1.165, 1.54) is 25.0 Å². The first-order valence-corrected chi connectivity index (χ1v) is 11.5. The van der Waals surface area contributed by atoms with E-state index in [0.717, 1.165) is 25.2 Å². The summed E-state index contributed by atoms with van der Waals surface area (Å²) in [7, 11) is 0. The highest BCUT2D eigenvalue weighted by molar-refractivity contribution is 6.00. The Morgan fingerprint density at radius 2 is 1.85 bits per heavy atom. The summed E-state index contributed by atoms with van der Waals surface area (Å²) >= 11 is 0. The van der Waals surface area contributed by atoms with E-state index in [-0.39, 0.29) is 11.9 Å². The van der Waals surface area contributed by atoms with Crippen LogP contribution in [-0.2, 0) is 18.6 Å². The zero-order chi connectivity index (χ0) is 24.3. The van der Waals surface area contributed by atoms with Gasteiger partial charge in [0.05, 0.1) is 16.9 Å². The van der Waals surface area contributed by atoms with Gasteiger partial charge in [-0.3, -0.25) is 9.78 Å². The Bertz CT molecular complexity index is 1190. The lowest BCUT2D eigenvalue weighted by Crippen LogP contribution is -2.30. The van der Waals surface area contributed by atoms with E-state index < -0.39 is 5.67 Å². The van der Waals surface area contributed by atoms with Gasteiger partial charge in [0.2, 0.25) is 0 Å². The fraction of sp³-hybridized carbons (Fsp3) is 0.346. The standard InChI is InChI=1S/C26H31FN6O/c1-16(2)31-25(34)21-15-30-24(33-19-6-5-18-14-28-9-7-17(18)11-19)13-22(21)32-20-8-10-29-23(12-20)26(3,4)27/h5-6,8,10-13,15-16,28H,7,9,14H2,1-4H3,(H,31,34)(H2,29,30,32,33). The van der Waals surface area contributed by atoms with Gasteiger partial charge in [0.1, 0.15) is 11.5 Å². The van der Waals surface area contributed by atoms with Crippen molar-refractivity contribution in [3.05, 3.63) is 71.2 Å². The van der Waals surface area contributed by atoms with Crippen molar-refractivity contribution in [1.29, 1.82) is 0 Å². The molecule has 3 aromatic rings. The number of carbonyl (C=O) groups is 1. The molecule has 0 bridgehead atoms. The van der Waals surface area contributed by atoms with Crippen molar-refractivity contribution in [3.8, 4) is 0 Å². The maximum atomic E-state index is 14.4. The Hall–Kier alpha value is -3.52. The van der Waals surface area contributed by atoms with Gasteiger partial charge in [0, 0.05) is 42.4 Å². The predicted molar refractivity (Wildman–Crippen MR) is 134 cm³/mol. The van der Waals surface area contributed by atoms with Crippen molar-refractivity contribution in [2.45, 2.75) is 52.4 Å². The number of halogens is 1. The van der Waals surface area contributed by atoms with Crippen LogP contribution in [-0.4, -0.2) is 28.5 Å². The molecule has 34 heavy (non-hydrogen) atoms. The molecule has 0 radical (unpaired) electrons. The zero-order valence-electron chi connectivity index (χ0n) is 20.0. The van der Waals surface area contributed by atoms with Crippen LogP contribution in [0.2, 0.25) is 0 Å². The topological polar surface area (TPSA) is 91.0 Å². The molecule has 8 heteroatoms. The van der Waals surface area contributed by atoms with Gasteiger partial charge in [-0.15, -0.1) is 0 Å². The molecule has 4 rings (SSSR count). The number of nitrogens with one attached hydrogen (secondary N) is 4. The predicted octanol–water partition coefficient (Wildman–Crippen LogP) is 4.95. The van der Waals surface area contributed by atoms with Crippen LogP contribution in [0.3, 0.4) is 0 Å². The largest absolute Gasteiger partial charge is 0.355 e. The van der Waals surface area contributed by atoms with Gasteiger partial charge in [-0.2, -0.15) is 0 Å². The molecule has 0 fully saturated rings. The number of alkyl halides is 1. The molecular formula is C26H31FN6O. The first-order valence-electron chi connectivity index (χ1n) is 11.5. The lowest BCUT2D eigenvalue weighted by atomic mass is 10.0. The van der Waals surface area contributed by atoms with Crippen molar-refractivity contribution < 1.29 is 9.18 Å². The van der Waals surface area contributed by atoms with Gasteiger partial charge >= 0.3 is 0 Å². The number of amides is 1. The maximum Gasteiger partial charge on any atom is 0.255 e. The molecule has 2 aromatic heterocycles. The Balaban J connectivity index is 1.65. The van der Waals surface area contributed by atoms with Crippen LogP contribution in [0.1, 0.15) is 54.9 Å². The molecule has 0 atom stereocenters. The number of carbonyl (C=O) groups excluding carboxylic acids is 1. The Morgan fingerprint density at radius 3 is 2.62 bits per heavy atom. The van der Waals surface area contributed by atoms with Crippen LogP contribution in [0.4, 0.5) is 27.3 Å². The van der Waals surface area contributed by atoms with Crippen molar-refractivity contribution in [3.63, 3.8) is 0 Å². The van der Waals surface area contributed by atoms with Crippen molar-refractivity contribution in [2.75, 3.05) is 17.2 Å². The molecule has 0 saturated heterocycles. The number of pyridine rings is 2. The number of hydrogen-bond donors (Lipinski definition) is 4. The summed E-state index contributed by atoms with van der Waals surface area (Å²) in [5.74, 6) is 0.357. The molecule has 4 N–H and O–H groups in total. The molecule has 0 spiro atoms. The van der Waals surface area contributed by atoms with E-state index in [1.54, 1.807) is 30.6 Å². The summed E-state index contributed by atoms with van der Waals surface area (Å²) in [5, 5.41) is 12.9. The first-order chi connectivity index (χ1) is 16.2. The minimum absolute atomic E-state index is 0.0250. The van der Waals surface area contributed by atoms with Gasteiger partial charge in [0.15, 0.2) is 0 Å². The summed E-state index contributed by atoms with van der Waals surface area (Å²) in [4.78, 5) is 21.4. The van der Waals surface area contributed by atoms with E-state index >= 15 is 0 Å². The monoisotopic (exact) mass is 462 g/mol. The van der Waals surface area contributed by atoms with Gasteiger partial charge < -0.3 is 21.3 Å². The minimum Gasteiger partial charge on any atom is -0.355 e. The van der Waals surface area contributed by atoms with Crippen molar-refractivity contribution >= 4 is 28.8 Å². The van der Waals surface area contributed by atoms with Crippen LogP contribution < -0.4 is 21.3 Å². The Labute approximate surface area is 199 Å². The Morgan fingerprint density at radius 1 is 1.06 bits per heavy atom. The van der Waals surface area contributed by atoms with E-state index in [2.05, 4.69) is 43.4 Å². The molecule has 1 aliphatic heterocycles. The van der Waals surface area contributed by atoms with Crippen LogP contribution in [0.5, 0.6) is 0 Å². The maximum absolute atomic E-state index is 14.4. The average molecular weight is 463 g/mol. The van der Waals surface area contributed by atoms with Crippen molar-refractivity contribution in [2.24, 2.45) is 0 Å². The normalized spacial score (nSPS) is 13.4. The highest BCUT2D eigenvalue weighted by atomic mass is 19.1. The average Bonchev–Trinajstić information content (AvgIpc) is 2.78. The smallest absolute Gasteiger partial charge is 0.255 e. The zero-order valence-corrected chi connectivity index (χ0v) is 20.0. The summed E-state index contributed by atoms with van der Waals surface area (Å²) in [6.45, 7) is 8.57. The van der Waals surface area contributed by atoms with Gasteiger partial charge in [-0.05, 0) is 76.1 Å². The van der Waals surface area contributed by atoms with Crippen LogP contribution in [0.15, 0.2) is 48.8 Å². The van der Waals surface area contributed by atoms with Gasteiger partial charge in [-0.25, -0.2) is 9.37 Å². The molecule has 1 amide bonds. The highest BCUT2D eigenvalue weighted by Gasteiger charge is 2.21. The third-order valence-corrected chi connectivity index (χ3v) is 5.58. The molecule has 3 heterocycles. The quantitative estimate of drug-likeness (QED) is 0.397. The van der Waals surface area contributed by atoms with E-state index in [4.69, 9.17) is 0 Å². The van der Waals surface area contributed by atoms with Crippen LogP contribution >= 0.6 is 0 Å². The van der Waals surface area contributed by atoms with Gasteiger partial charge in [0.25, 0.3) is 5.91 Å². The van der Waals surface area contributed by atoms with E-state index in [9.17, 15) is 9.18 Å². The van der Waals surface area contributed by atoms with E-state index in [1.807, 2.05) is 19.9 Å². The summed E-state index contributed by atoms with van der Waals surface area (Å²) in [6, 6.07) is 11.4. The fourth-order valence-electron chi connectivity index (χ4n) is 3.84. The molecule has 1 aliphatic rings. The number of hydrogen-bond acceptors (Lipinski definition) is 6. The number of nitrogens with zero attached hydrogens (tertiary/aromatic N) is 2. The van der Waals surface area contributed by atoms with Gasteiger partial charge in [-0.1, -0.05) is 6.07 Å². The summed E-state index contributed by atoms with van der Waals surface area (Å²) in [5.41, 5.74) is 3.87. The van der Waals surface area contributed by atoms with E-state index in [0.29, 0.717) is 28.5 Å². The first kappa shape index (κ1) is 23.6. The Kier molecular flexibility index (Phi) is 6.79. The van der Waals surface area contributed by atoms with Crippen LogP contribution in [0, 0.1) is 0 Å². The lowest BCUT2D eigenvalue weighted by Gasteiger charge is -2.19. The molecule has 7 nitrogen and oxygen atoms in total. The lowest BCUT2D eigenvalue weighted by molar-refractivity contribution is 0.0943. The molecular weight excluding hydrogens is 431 g/mol. The summed E-state index contributed by atoms with van der Waals surface area (Å²) in [6.07, 6.45) is 4.08. The molecule has 1 aromatic carbocycles. The third-order valence-electron chi connectivity index (χ3n) is 5.58. The third kappa shape index (κ3) is 5.69. The molecule has 0 saturated carbocycles. The fourth-order valence-corrected chi connectivity index (χ4v) is 3.84. The number of fused-ring (bicyclic) bond motifs is 1. The number of benzene rings is 1. The molecule has 0 aliphatic carbocycles. The highest BCUT2D eigenvalue weighted by Crippen LogP contribution is 2.29. The SMILES string of the molecule is CC(C)NC(=O)c1cnc(Nc2ccc3c(c2)CCNC3)cc1Nc1ccnc(C(C)(C)F)c1. The molecule has 0 unspecified atom stereocenters. The second kappa shape index (κ2) is 9.77. The number of rotatable bonds is 7. The van der Waals surface area contributed by atoms with Crippen LogP contribution in [0.25, 0.3) is 0 Å². The second-order valence-electron chi connectivity index (χ2n) is 9.31. The summed E-state index contributed by atoms with van der Waals surface area (Å²) < 4.78 is 14.4. The van der Waals surface area contributed by atoms with Crippen molar-refractivity contribution in [1.82, 2.24) is 20.6 Å². The second-order valence-corrected chi connectivity index (χ2v) is 9.31. The number of anilines is 4. The minimum atomic E-state index is -1.58. The molecule has 178 valence electrons. The number of aromatic nitrogens is 2.